The van der Waals surface area contributed by atoms with Crippen molar-refractivity contribution in [2.45, 2.75) is 71.1 Å². The molecule has 0 aliphatic rings. The van der Waals surface area contributed by atoms with Crippen molar-refractivity contribution in [2.24, 2.45) is 0 Å². The number of carbonyl (C=O) groups is 2. The number of carbonyl (C=O) groups excluding carboxylic acids is 1. The molecule has 0 amide bonds. The maximum absolute atomic E-state index is 11.7. The van der Waals surface area contributed by atoms with Crippen molar-refractivity contribution in [3.63, 3.8) is 0 Å². The van der Waals surface area contributed by atoms with E-state index in [1.54, 1.807) is 12.2 Å². The minimum absolute atomic E-state index is 0.120. The van der Waals surface area contributed by atoms with Gasteiger partial charge in [0, 0.05) is 12.8 Å². The number of hydrogen-bond donors (Lipinski definition) is 1. The van der Waals surface area contributed by atoms with Crippen LogP contribution in [-0.2, 0) is 16.0 Å². The molecule has 0 bridgehead atoms. The van der Waals surface area contributed by atoms with Crippen LogP contribution in [0.4, 0.5) is 0 Å². The van der Waals surface area contributed by atoms with Gasteiger partial charge in [-0.25, -0.2) is 4.98 Å². The van der Waals surface area contributed by atoms with Crippen molar-refractivity contribution >= 4 is 17.8 Å². The van der Waals surface area contributed by atoms with E-state index in [0.717, 1.165) is 50.6 Å². The maximum Gasteiger partial charge on any atom is 0.303 e. The molecule has 0 radical (unpaired) electrons. The molecule has 0 aliphatic heterocycles. The summed E-state index contributed by atoms with van der Waals surface area (Å²) in [4.78, 5) is 26.3. The largest absolute Gasteiger partial charge is 0.481 e. The molecule has 1 rings (SSSR count). The molecule has 0 saturated carbocycles. The van der Waals surface area contributed by atoms with Gasteiger partial charge < -0.3 is 9.52 Å². The van der Waals surface area contributed by atoms with E-state index < -0.39 is 5.97 Å². The first kappa shape index (κ1) is 19.1. The highest BCUT2D eigenvalue weighted by atomic mass is 16.4. The lowest BCUT2D eigenvalue weighted by Crippen LogP contribution is -1.94. The fraction of sp³-hybridized carbons (Fsp3) is 0.611. The SMILES string of the molecule is CCCCCC(=O)/C=C/c1ocnc1CCCCCCC(=O)O. The Balaban J connectivity index is 2.29. The molecule has 1 heterocycles. The first-order valence-corrected chi connectivity index (χ1v) is 8.48. The molecule has 5 heteroatoms. The van der Waals surface area contributed by atoms with E-state index in [-0.39, 0.29) is 12.2 Å². The number of carboxylic acid groups (broad SMARTS) is 1. The van der Waals surface area contributed by atoms with Crippen LogP contribution in [0.5, 0.6) is 0 Å². The summed E-state index contributed by atoms with van der Waals surface area (Å²) < 4.78 is 5.32. The van der Waals surface area contributed by atoms with Crippen LogP contribution in [0.15, 0.2) is 16.9 Å². The van der Waals surface area contributed by atoms with E-state index in [4.69, 9.17) is 9.52 Å². The molecule has 1 N–H and O–H groups in total. The third-order valence-corrected chi connectivity index (χ3v) is 3.67. The van der Waals surface area contributed by atoms with Crippen LogP contribution in [0.3, 0.4) is 0 Å². The summed E-state index contributed by atoms with van der Waals surface area (Å²) in [6.07, 6.45) is 12.9. The Bertz CT molecular complexity index is 505. The highest BCUT2D eigenvalue weighted by Crippen LogP contribution is 2.14. The first-order valence-electron chi connectivity index (χ1n) is 8.48. The summed E-state index contributed by atoms with van der Waals surface area (Å²) in [6, 6.07) is 0. The van der Waals surface area contributed by atoms with E-state index in [1.165, 1.54) is 6.39 Å². The predicted molar refractivity (Wildman–Crippen MR) is 89.1 cm³/mol. The molecule has 23 heavy (non-hydrogen) atoms. The Kier molecular flexibility index (Phi) is 9.68. The van der Waals surface area contributed by atoms with Crippen LogP contribution in [0.25, 0.3) is 6.08 Å². The molecular formula is C18H27NO4. The number of nitrogens with zero attached hydrogens (tertiary/aromatic N) is 1. The molecule has 0 fully saturated rings. The lowest BCUT2D eigenvalue weighted by Gasteiger charge is -1.99. The van der Waals surface area contributed by atoms with Crippen molar-refractivity contribution in [3.05, 3.63) is 23.9 Å². The summed E-state index contributed by atoms with van der Waals surface area (Å²) in [7, 11) is 0. The molecule has 0 saturated heterocycles. The van der Waals surface area contributed by atoms with E-state index in [2.05, 4.69) is 11.9 Å². The van der Waals surface area contributed by atoms with Crippen LogP contribution < -0.4 is 0 Å². The van der Waals surface area contributed by atoms with E-state index >= 15 is 0 Å². The molecule has 128 valence electrons. The average Bonchev–Trinajstić information content (AvgIpc) is 2.96. The summed E-state index contributed by atoms with van der Waals surface area (Å²) in [5.41, 5.74) is 0.862. The second-order valence-electron chi connectivity index (χ2n) is 5.73. The summed E-state index contributed by atoms with van der Waals surface area (Å²) in [5.74, 6) is 0.0337. The van der Waals surface area contributed by atoms with Gasteiger partial charge in [-0.15, -0.1) is 0 Å². The standard InChI is InChI=1S/C18H27NO4/c1-2-3-6-9-15(20)12-13-17-16(19-14-23-17)10-7-4-5-8-11-18(21)22/h12-14H,2-11H2,1H3,(H,21,22)/b13-12+. The van der Waals surface area contributed by atoms with Crippen LogP contribution >= 0.6 is 0 Å². The molecular weight excluding hydrogens is 294 g/mol. The highest BCUT2D eigenvalue weighted by molar-refractivity contribution is 5.93. The third kappa shape index (κ3) is 8.96. The van der Waals surface area contributed by atoms with Gasteiger partial charge in [-0.2, -0.15) is 0 Å². The number of aryl methyl sites for hydroxylation is 1. The van der Waals surface area contributed by atoms with Gasteiger partial charge in [0.25, 0.3) is 0 Å². The molecule has 0 aromatic carbocycles. The fourth-order valence-electron chi connectivity index (χ4n) is 2.33. The number of aromatic nitrogens is 1. The van der Waals surface area contributed by atoms with Gasteiger partial charge >= 0.3 is 5.97 Å². The van der Waals surface area contributed by atoms with Gasteiger partial charge in [-0.3, -0.25) is 9.59 Å². The Hall–Kier alpha value is -1.91. The van der Waals surface area contributed by atoms with Gasteiger partial charge in [0.05, 0.1) is 5.69 Å². The Labute approximate surface area is 137 Å². The zero-order valence-corrected chi connectivity index (χ0v) is 13.9. The Morgan fingerprint density at radius 2 is 1.87 bits per heavy atom. The highest BCUT2D eigenvalue weighted by Gasteiger charge is 2.06. The van der Waals surface area contributed by atoms with Gasteiger partial charge in [0.2, 0.25) is 0 Å². The van der Waals surface area contributed by atoms with Gasteiger partial charge in [0.15, 0.2) is 12.2 Å². The van der Waals surface area contributed by atoms with Crippen LogP contribution in [0.2, 0.25) is 0 Å². The van der Waals surface area contributed by atoms with E-state index in [0.29, 0.717) is 18.6 Å². The fourth-order valence-corrected chi connectivity index (χ4v) is 2.33. The van der Waals surface area contributed by atoms with Crippen molar-refractivity contribution in [1.29, 1.82) is 0 Å². The number of oxazole rings is 1. The third-order valence-electron chi connectivity index (χ3n) is 3.67. The lowest BCUT2D eigenvalue weighted by molar-refractivity contribution is -0.137. The zero-order chi connectivity index (χ0) is 16.9. The molecule has 0 unspecified atom stereocenters. The number of rotatable bonds is 13. The first-order chi connectivity index (χ1) is 11.1. The number of carboxylic acids is 1. The zero-order valence-electron chi connectivity index (χ0n) is 13.9. The molecule has 1 aromatic rings. The van der Waals surface area contributed by atoms with Gasteiger partial charge in [0.1, 0.15) is 5.76 Å². The lowest BCUT2D eigenvalue weighted by atomic mass is 10.1. The summed E-state index contributed by atoms with van der Waals surface area (Å²) >= 11 is 0. The van der Waals surface area contributed by atoms with Crippen LogP contribution in [-0.4, -0.2) is 21.8 Å². The van der Waals surface area contributed by atoms with Crippen molar-refractivity contribution in [3.8, 4) is 0 Å². The van der Waals surface area contributed by atoms with Gasteiger partial charge in [-0.05, 0) is 37.8 Å². The second-order valence-corrected chi connectivity index (χ2v) is 5.73. The summed E-state index contributed by atoms with van der Waals surface area (Å²) in [5, 5.41) is 8.57. The topological polar surface area (TPSA) is 80.4 Å². The number of unbranched alkanes of at least 4 members (excludes halogenated alkanes) is 5. The van der Waals surface area contributed by atoms with Crippen molar-refractivity contribution in [1.82, 2.24) is 4.98 Å². The quantitative estimate of drug-likeness (QED) is 0.430. The minimum Gasteiger partial charge on any atom is -0.481 e. The van der Waals surface area contributed by atoms with Crippen molar-refractivity contribution < 1.29 is 19.1 Å². The molecule has 0 atom stereocenters. The Morgan fingerprint density at radius 3 is 2.61 bits per heavy atom. The van der Waals surface area contributed by atoms with Crippen LogP contribution in [0, 0.1) is 0 Å². The average molecular weight is 321 g/mol. The number of allylic oxidation sites excluding steroid dienone is 1. The van der Waals surface area contributed by atoms with E-state index in [1.807, 2.05) is 0 Å². The normalized spacial score (nSPS) is 11.2. The monoisotopic (exact) mass is 321 g/mol. The predicted octanol–water partition coefficient (Wildman–Crippen LogP) is 4.41. The molecule has 0 spiro atoms. The summed E-state index contributed by atoms with van der Waals surface area (Å²) in [6.45, 7) is 2.11. The smallest absolute Gasteiger partial charge is 0.303 e. The van der Waals surface area contributed by atoms with E-state index in [9.17, 15) is 9.59 Å². The number of aliphatic carboxylic acids is 1. The molecule has 5 nitrogen and oxygen atoms in total. The molecule has 1 aromatic heterocycles. The van der Waals surface area contributed by atoms with Crippen LogP contribution in [0.1, 0.15) is 76.2 Å². The molecule has 0 aliphatic carbocycles. The number of ketones is 1. The minimum atomic E-state index is -0.738. The number of hydrogen-bond acceptors (Lipinski definition) is 4. The van der Waals surface area contributed by atoms with Gasteiger partial charge in [-0.1, -0.05) is 32.6 Å². The maximum atomic E-state index is 11.7. The van der Waals surface area contributed by atoms with Crippen molar-refractivity contribution in [2.75, 3.05) is 0 Å². The Morgan fingerprint density at radius 1 is 1.13 bits per heavy atom. The second kappa shape index (κ2) is 11.6.